The van der Waals surface area contributed by atoms with Gasteiger partial charge in [-0.3, -0.25) is 19.7 Å². The molecule has 28 heavy (non-hydrogen) atoms. The molecule has 1 unspecified atom stereocenters. The number of ether oxygens (including phenoxy) is 1. The molecule has 8 nitrogen and oxygen atoms in total. The topological polar surface area (TPSA) is 111 Å². The summed E-state index contributed by atoms with van der Waals surface area (Å²) in [5, 5.41) is 4.86. The van der Waals surface area contributed by atoms with Crippen LogP contribution < -0.4 is 15.4 Å². The van der Waals surface area contributed by atoms with E-state index in [9.17, 15) is 14.4 Å². The van der Waals surface area contributed by atoms with Crippen molar-refractivity contribution in [3.05, 3.63) is 48.0 Å². The first-order valence-corrected chi connectivity index (χ1v) is 8.73. The summed E-state index contributed by atoms with van der Waals surface area (Å²) >= 11 is 0. The minimum Gasteiger partial charge on any atom is -0.497 e. The van der Waals surface area contributed by atoms with Crippen molar-refractivity contribution in [1.82, 2.24) is 15.6 Å². The van der Waals surface area contributed by atoms with E-state index in [1.807, 2.05) is 18.2 Å². The van der Waals surface area contributed by atoms with Crippen LogP contribution in [0.1, 0.15) is 23.2 Å². The quantitative estimate of drug-likeness (QED) is 0.671. The number of hydrogen-bond acceptors (Lipinski definition) is 6. The fourth-order valence-electron chi connectivity index (χ4n) is 3.02. The fourth-order valence-corrected chi connectivity index (χ4v) is 3.02. The number of aromatic nitrogens is 1. The minimum atomic E-state index is -0.731. The lowest BCUT2D eigenvalue weighted by molar-refractivity contribution is -0.134. The lowest BCUT2D eigenvalue weighted by atomic mass is 10.1. The van der Waals surface area contributed by atoms with Crippen LogP contribution in [0.4, 0.5) is 0 Å². The Morgan fingerprint density at radius 3 is 2.89 bits per heavy atom. The summed E-state index contributed by atoms with van der Waals surface area (Å²) < 4.78 is 11.0. The summed E-state index contributed by atoms with van der Waals surface area (Å²) in [5.74, 6) is -0.139. The van der Waals surface area contributed by atoms with Crippen molar-refractivity contribution in [3.63, 3.8) is 0 Å². The van der Waals surface area contributed by atoms with Crippen LogP contribution in [0.5, 0.6) is 5.75 Å². The smallest absolute Gasteiger partial charge is 0.252 e. The maximum atomic E-state index is 12.5. The van der Waals surface area contributed by atoms with Gasteiger partial charge in [-0.15, -0.1) is 0 Å². The Morgan fingerprint density at radius 1 is 1.25 bits per heavy atom. The second kappa shape index (κ2) is 7.15. The highest BCUT2D eigenvalue weighted by atomic mass is 16.5. The van der Waals surface area contributed by atoms with Gasteiger partial charge in [0.15, 0.2) is 5.58 Å². The number of amides is 3. The van der Waals surface area contributed by atoms with Gasteiger partial charge in [-0.2, -0.15) is 0 Å². The lowest BCUT2D eigenvalue weighted by Crippen LogP contribution is -2.52. The average molecular weight is 379 g/mol. The van der Waals surface area contributed by atoms with Gasteiger partial charge >= 0.3 is 0 Å². The van der Waals surface area contributed by atoms with Gasteiger partial charge in [0, 0.05) is 17.5 Å². The number of hydrogen-bond donors (Lipinski definition) is 2. The zero-order valence-electron chi connectivity index (χ0n) is 15.0. The number of piperidine rings is 1. The molecule has 8 heteroatoms. The molecule has 0 bridgehead atoms. The summed E-state index contributed by atoms with van der Waals surface area (Å²) in [6.45, 7) is 0. The number of nitrogens with one attached hydrogen (secondary N) is 2. The summed E-state index contributed by atoms with van der Waals surface area (Å²) in [6, 6.07) is 11.4. The van der Waals surface area contributed by atoms with E-state index in [2.05, 4.69) is 15.6 Å². The van der Waals surface area contributed by atoms with Crippen molar-refractivity contribution >= 4 is 28.8 Å². The molecule has 1 aromatic heterocycles. The first kappa shape index (κ1) is 17.7. The first-order chi connectivity index (χ1) is 13.5. The molecule has 1 atom stereocenters. The van der Waals surface area contributed by atoms with Gasteiger partial charge in [-0.25, -0.2) is 4.98 Å². The van der Waals surface area contributed by atoms with Crippen LogP contribution in [0.15, 0.2) is 46.9 Å². The van der Waals surface area contributed by atoms with Crippen LogP contribution in [0.25, 0.3) is 22.6 Å². The SMILES string of the molecule is COc1cccc(-c2nc3cc(C(=O)NC4CCC(=O)NC4=O)ccc3o2)c1. The largest absolute Gasteiger partial charge is 0.497 e. The Hall–Kier alpha value is -3.68. The van der Waals surface area contributed by atoms with Gasteiger partial charge in [-0.1, -0.05) is 6.07 Å². The number of nitrogens with zero attached hydrogens (tertiary/aromatic N) is 1. The van der Waals surface area contributed by atoms with E-state index in [1.165, 1.54) is 0 Å². The molecule has 0 aliphatic carbocycles. The molecule has 0 spiro atoms. The van der Waals surface area contributed by atoms with E-state index in [4.69, 9.17) is 9.15 Å². The molecule has 0 radical (unpaired) electrons. The Balaban J connectivity index is 1.56. The summed E-state index contributed by atoms with van der Waals surface area (Å²) in [4.78, 5) is 40.0. The van der Waals surface area contributed by atoms with Gasteiger partial charge in [0.25, 0.3) is 5.91 Å². The van der Waals surface area contributed by atoms with Crippen LogP contribution in [0, 0.1) is 0 Å². The number of fused-ring (bicyclic) bond motifs is 1. The van der Waals surface area contributed by atoms with Gasteiger partial charge in [-0.05, 0) is 42.8 Å². The second-order valence-electron chi connectivity index (χ2n) is 6.41. The molecule has 142 valence electrons. The number of carbonyl (C=O) groups is 3. The maximum Gasteiger partial charge on any atom is 0.252 e. The van der Waals surface area contributed by atoms with Gasteiger partial charge in [0.1, 0.15) is 17.3 Å². The Labute approximate surface area is 159 Å². The first-order valence-electron chi connectivity index (χ1n) is 8.73. The van der Waals surface area contributed by atoms with Crippen molar-refractivity contribution < 1.29 is 23.5 Å². The Bertz CT molecular complexity index is 1090. The zero-order valence-corrected chi connectivity index (χ0v) is 15.0. The molecule has 2 heterocycles. The van der Waals surface area contributed by atoms with E-state index in [-0.39, 0.29) is 18.7 Å². The normalized spacial score (nSPS) is 16.7. The summed E-state index contributed by atoms with van der Waals surface area (Å²) in [7, 11) is 1.58. The van der Waals surface area contributed by atoms with E-state index in [0.29, 0.717) is 28.3 Å². The van der Waals surface area contributed by atoms with Crippen molar-refractivity contribution in [1.29, 1.82) is 0 Å². The molecule has 1 aliphatic heterocycles. The number of carbonyl (C=O) groups excluding carboxylic acids is 3. The van der Waals surface area contributed by atoms with E-state index < -0.39 is 17.9 Å². The minimum absolute atomic E-state index is 0.197. The predicted molar refractivity (Wildman–Crippen MR) is 99.6 cm³/mol. The number of oxazole rings is 1. The highest BCUT2D eigenvalue weighted by Gasteiger charge is 2.28. The third kappa shape index (κ3) is 3.44. The highest BCUT2D eigenvalue weighted by molar-refractivity contribution is 6.04. The number of rotatable bonds is 4. The average Bonchev–Trinajstić information content (AvgIpc) is 3.13. The van der Waals surface area contributed by atoms with Crippen molar-refractivity contribution in [2.75, 3.05) is 7.11 Å². The molecule has 4 rings (SSSR count). The monoisotopic (exact) mass is 379 g/mol. The number of imide groups is 1. The van der Waals surface area contributed by atoms with Crippen LogP contribution >= 0.6 is 0 Å². The lowest BCUT2D eigenvalue weighted by Gasteiger charge is -2.21. The molecule has 1 aliphatic rings. The molecule has 1 fully saturated rings. The molecule has 3 aromatic rings. The predicted octanol–water partition coefficient (Wildman–Crippen LogP) is 2.04. The Kier molecular flexibility index (Phi) is 4.52. The molecular weight excluding hydrogens is 362 g/mol. The van der Waals surface area contributed by atoms with Gasteiger partial charge < -0.3 is 14.5 Å². The molecule has 2 aromatic carbocycles. The van der Waals surface area contributed by atoms with Crippen LogP contribution in [-0.4, -0.2) is 35.9 Å². The summed E-state index contributed by atoms with van der Waals surface area (Å²) in [5.41, 5.74) is 2.16. The standard InChI is InChI=1S/C20H17N3O5/c1-27-13-4-2-3-12(9-13)20-22-15-10-11(5-7-16(15)28-20)18(25)21-14-6-8-17(24)23-19(14)26/h2-5,7,9-10,14H,6,8H2,1H3,(H,21,25)(H,23,24,26). The van der Waals surface area contributed by atoms with Crippen LogP contribution in [0.2, 0.25) is 0 Å². The summed E-state index contributed by atoms with van der Waals surface area (Å²) in [6.07, 6.45) is 0.478. The number of benzene rings is 2. The highest BCUT2D eigenvalue weighted by Crippen LogP contribution is 2.27. The van der Waals surface area contributed by atoms with Gasteiger partial charge in [0.2, 0.25) is 17.7 Å². The third-order valence-corrected chi connectivity index (χ3v) is 4.51. The fraction of sp³-hybridized carbons (Fsp3) is 0.200. The van der Waals surface area contributed by atoms with Crippen LogP contribution in [-0.2, 0) is 9.59 Å². The van der Waals surface area contributed by atoms with E-state index >= 15 is 0 Å². The molecule has 2 N–H and O–H groups in total. The van der Waals surface area contributed by atoms with Crippen molar-refractivity contribution in [3.8, 4) is 17.2 Å². The second-order valence-corrected chi connectivity index (χ2v) is 6.41. The van der Waals surface area contributed by atoms with Crippen molar-refractivity contribution in [2.45, 2.75) is 18.9 Å². The molecule has 3 amide bonds. The van der Waals surface area contributed by atoms with Crippen LogP contribution in [0.3, 0.4) is 0 Å². The van der Waals surface area contributed by atoms with Gasteiger partial charge in [0.05, 0.1) is 7.11 Å². The number of methoxy groups -OCH3 is 1. The zero-order chi connectivity index (χ0) is 19.7. The van der Waals surface area contributed by atoms with E-state index in [0.717, 1.165) is 5.56 Å². The third-order valence-electron chi connectivity index (χ3n) is 4.51. The van der Waals surface area contributed by atoms with E-state index in [1.54, 1.807) is 31.4 Å². The van der Waals surface area contributed by atoms with Crippen molar-refractivity contribution in [2.24, 2.45) is 0 Å². The molecular formula is C20H17N3O5. The molecule has 1 saturated heterocycles. The maximum absolute atomic E-state index is 12.5. The molecule has 0 saturated carbocycles. The Morgan fingerprint density at radius 2 is 2.11 bits per heavy atom.